The van der Waals surface area contributed by atoms with E-state index in [2.05, 4.69) is 0 Å². The van der Waals surface area contributed by atoms with Crippen LogP contribution in [-0.2, 0) is 25.6 Å². The first-order valence-electron chi connectivity index (χ1n) is 0.730. The van der Waals surface area contributed by atoms with Gasteiger partial charge in [-0.15, -0.1) is 0 Å². The van der Waals surface area contributed by atoms with Gasteiger partial charge in [0.1, 0.15) is 0 Å². The van der Waals surface area contributed by atoms with Gasteiger partial charge in [-0.1, -0.05) is 0 Å². The molecule has 0 rings (SSSR count). The molecular formula is AlCaO4PSiW+6. The van der Waals surface area contributed by atoms with Crippen LogP contribution in [-0.4, -0.2) is 66.1 Å². The first-order chi connectivity index (χ1) is 2.00. The molecule has 0 aromatic heterocycles. The second-order valence-corrected chi connectivity index (χ2v) is 1.34. The standard InChI is InChI=1S/Al.Ca.H3O4P.Si.W/c;;1-5(2,3)4;;/h;;(H3,1,2,3,4);;/q+3;+2;;+4;/p-3. The average molecular weight is 374 g/mol. The molecule has 0 amide bonds. The first-order valence-corrected chi connectivity index (χ1v) is 2.19. The molecule has 0 aliphatic carbocycles. The smallest absolute Gasteiger partial charge is 0.822 e. The van der Waals surface area contributed by atoms with Crippen LogP contribution in [0.25, 0.3) is 0 Å². The van der Waals surface area contributed by atoms with E-state index in [0.717, 1.165) is 0 Å². The van der Waals surface area contributed by atoms with Crippen molar-refractivity contribution in [1.29, 1.82) is 0 Å². The molecule has 0 bridgehead atoms. The zero-order valence-electron chi connectivity index (χ0n) is 4.27. The summed E-state index contributed by atoms with van der Waals surface area (Å²) in [6.07, 6.45) is 0. The van der Waals surface area contributed by atoms with Crippen molar-refractivity contribution in [3.8, 4) is 0 Å². The maximum absolute atomic E-state index is 8.55. The van der Waals surface area contributed by atoms with Crippen molar-refractivity contribution in [1.82, 2.24) is 0 Å². The van der Waals surface area contributed by atoms with Crippen LogP contribution >= 0.6 is 7.82 Å². The molecule has 9 heteroatoms. The van der Waals surface area contributed by atoms with Gasteiger partial charge in [0.2, 0.25) is 0 Å². The summed E-state index contributed by atoms with van der Waals surface area (Å²) in [5, 5.41) is 0. The van der Waals surface area contributed by atoms with Crippen molar-refractivity contribution in [2.24, 2.45) is 0 Å². The molecule has 38 valence electrons. The summed E-state index contributed by atoms with van der Waals surface area (Å²) in [6.45, 7) is 0. The summed E-state index contributed by atoms with van der Waals surface area (Å²) in [7, 11) is -5.39. The summed E-state index contributed by atoms with van der Waals surface area (Å²) >= 11 is 0. The third-order valence-corrected chi connectivity index (χ3v) is 0. The molecule has 0 spiro atoms. The van der Waals surface area contributed by atoms with Gasteiger partial charge in [0, 0.05) is 21.1 Å². The number of phosphoric acid groups is 1. The van der Waals surface area contributed by atoms with Gasteiger partial charge in [0.05, 0.1) is 0 Å². The second-order valence-electron chi connectivity index (χ2n) is 0.447. The Morgan fingerprint density at radius 1 is 1.11 bits per heavy atom. The second kappa shape index (κ2) is 13.4. The SMILES string of the molecule is O=P([O-])([O-])[O-].[Al+3].[Ca+2].[Si+4].[W]. The summed E-state index contributed by atoms with van der Waals surface area (Å²) in [5.41, 5.74) is 0. The van der Waals surface area contributed by atoms with Gasteiger partial charge >= 0.3 is 66.1 Å². The molecule has 0 N–H and O–H groups in total. The first kappa shape index (κ1) is 29.8. The zero-order valence-corrected chi connectivity index (χ0v) is 12.5. The van der Waals surface area contributed by atoms with E-state index in [1.54, 1.807) is 0 Å². The van der Waals surface area contributed by atoms with Crippen molar-refractivity contribution in [3.05, 3.63) is 0 Å². The Hall–Kier alpha value is 2.81. The van der Waals surface area contributed by atoms with E-state index in [9.17, 15) is 0 Å². The predicted molar refractivity (Wildman–Crippen MR) is 24.9 cm³/mol. The summed E-state index contributed by atoms with van der Waals surface area (Å²) in [6, 6.07) is 0. The molecule has 0 aromatic rings. The molecule has 0 saturated carbocycles. The van der Waals surface area contributed by atoms with Crippen LogP contribution in [0.1, 0.15) is 0 Å². The minimum Gasteiger partial charge on any atom is -0.822 e. The van der Waals surface area contributed by atoms with Crippen LogP contribution < -0.4 is 14.7 Å². The van der Waals surface area contributed by atoms with Crippen LogP contribution in [0.15, 0.2) is 0 Å². The van der Waals surface area contributed by atoms with Crippen molar-refractivity contribution < 1.29 is 40.3 Å². The molecule has 0 fully saturated rings. The maximum Gasteiger partial charge on any atom is 4.00 e. The summed E-state index contributed by atoms with van der Waals surface area (Å²) < 4.78 is 8.55. The van der Waals surface area contributed by atoms with Crippen LogP contribution in [0.3, 0.4) is 0 Å². The summed E-state index contributed by atoms with van der Waals surface area (Å²) in [5.74, 6) is 0. The van der Waals surface area contributed by atoms with Crippen molar-refractivity contribution in [3.63, 3.8) is 0 Å². The maximum atomic E-state index is 8.55. The monoisotopic (exact) mass is 374 g/mol. The fourth-order valence-electron chi connectivity index (χ4n) is 0. The Balaban J connectivity index is -0.0000000133. The molecule has 0 unspecified atom stereocenters. The molecule has 0 aliphatic heterocycles. The minimum atomic E-state index is -5.39. The molecule has 4 nitrogen and oxygen atoms in total. The Morgan fingerprint density at radius 2 is 1.11 bits per heavy atom. The molecular weight excluding hydrogens is 374 g/mol. The van der Waals surface area contributed by atoms with Crippen molar-refractivity contribution >= 4 is 73.9 Å². The van der Waals surface area contributed by atoms with Gasteiger partial charge in [-0.05, 0) is 0 Å². The normalized spacial score (nSPS) is 6.56. The summed E-state index contributed by atoms with van der Waals surface area (Å²) in [4.78, 5) is 25.6. The number of rotatable bonds is 0. The average Bonchev–Trinajstić information content (AvgIpc) is 0.722. The molecule has 0 heterocycles. The van der Waals surface area contributed by atoms with Crippen molar-refractivity contribution in [2.75, 3.05) is 0 Å². The zero-order chi connectivity index (χ0) is 4.50. The van der Waals surface area contributed by atoms with Gasteiger partial charge in [0.15, 0.2) is 0 Å². The van der Waals surface area contributed by atoms with Crippen LogP contribution in [0, 0.1) is 0 Å². The van der Waals surface area contributed by atoms with E-state index < -0.39 is 7.82 Å². The quantitative estimate of drug-likeness (QED) is 0.320. The van der Waals surface area contributed by atoms with E-state index in [0.29, 0.717) is 0 Å². The third-order valence-electron chi connectivity index (χ3n) is 0. The topological polar surface area (TPSA) is 86.2 Å². The predicted octanol–water partition coefficient (Wildman–Crippen LogP) is -3.97. The molecule has 0 aromatic carbocycles. The van der Waals surface area contributed by atoms with Gasteiger partial charge in [-0.25, -0.2) is 0 Å². The van der Waals surface area contributed by atoms with Crippen molar-refractivity contribution in [2.45, 2.75) is 0 Å². The third kappa shape index (κ3) is 106. The largest absolute Gasteiger partial charge is 4.00 e. The Labute approximate surface area is 112 Å². The van der Waals surface area contributed by atoms with E-state index in [-0.39, 0.29) is 87.1 Å². The molecule has 0 radical (unpaired) electrons. The molecule has 0 atom stereocenters. The number of hydrogen-bond donors (Lipinski definition) is 0. The fraction of sp³-hybridized carbons (Fsp3) is 0. The Bertz CT molecular complexity index is 66.7. The minimum absolute atomic E-state index is 0. The number of hydrogen-bond acceptors (Lipinski definition) is 4. The fourth-order valence-corrected chi connectivity index (χ4v) is 0. The van der Waals surface area contributed by atoms with Gasteiger partial charge in [-0.2, -0.15) is 7.82 Å². The van der Waals surface area contributed by atoms with E-state index in [4.69, 9.17) is 19.2 Å². The van der Waals surface area contributed by atoms with Gasteiger partial charge in [0.25, 0.3) is 0 Å². The van der Waals surface area contributed by atoms with E-state index in [1.807, 2.05) is 0 Å². The van der Waals surface area contributed by atoms with Gasteiger partial charge in [-0.3, -0.25) is 0 Å². The van der Waals surface area contributed by atoms with Gasteiger partial charge < -0.3 is 19.2 Å². The van der Waals surface area contributed by atoms with Crippen LogP contribution in [0.2, 0.25) is 0 Å². The molecule has 0 aliphatic rings. The Kier molecular flexibility index (Phi) is 44.3. The van der Waals surface area contributed by atoms with Crippen LogP contribution in [0.5, 0.6) is 0 Å². The van der Waals surface area contributed by atoms with E-state index in [1.165, 1.54) is 0 Å². The van der Waals surface area contributed by atoms with Crippen LogP contribution in [0.4, 0.5) is 0 Å². The van der Waals surface area contributed by atoms with E-state index >= 15 is 0 Å². The Morgan fingerprint density at radius 3 is 1.11 bits per heavy atom. The molecule has 9 heavy (non-hydrogen) atoms. The molecule has 0 saturated heterocycles.